The zero-order chi connectivity index (χ0) is 14.7. The fourth-order valence-corrected chi connectivity index (χ4v) is 1.35. The van der Waals surface area contributed by atoms with Crippen molar-refractivity contribution in [2.45, 2.75) is 32.4 Å². The summed E-state index contributed by atoms with van der Waals surface area (Å²) in [5.41, 5.74) is 5.01. The van der Waals surface area contributed by atoms with Crippen LogP contribution in [0.1, 0.15) is 26.2 Å². The number of nitrogens with two attached hydrogens (primary N) is 1. The second kappa shape index (κ2) is 9.85. The number of amidine groups is 1. The molecule has 0 spiro atoms. The Balaban J connectivity index is 3.77. The first-order valence-corrected chi connectivity index (χ1v) is 6.26. The van der Waals surface area contributed by atoms with Crippen LogP contribution >= 0.6 is 0 Å². The van der Waals surface area contributed by atoms with E-state index in [9.17, 15) is 13.2 Å². The first kappa shape index (κ1) is 18.0. The second-order valence-electron chi connectivity index (χ2n) is 4.14. The summed E-state index contributed by atoms with van der Waals surface area (Å²) in [5.74, 6) is -2.81. The van der Waals surface area contributed by atoms with Gasteiger partial charge in [0, 0.05) is 19.8 Å². The van der Waals surface area contributed by atoms with E-state index in [1.54, 1.807) is 0 Å². The lowest BCUT2D eigenvalue weighted by molar-refractivity contribution is -0.154. The first-order chi connectivity index (χ1) is 8.93. The number of hydrogen-bond acceptors (Lipinski definition) is 4. The van der Waals surface area contributed by atoms with Gasteiger partial charge in [0.05, 0.1) is 0 Å². The summed E-state index contributed by atoms with van der Waals surface area (Å²) >= 11 is 0. The molecule has 8 heteroatoms. The smallest absolute Gasteiger partial charge is 0.400 e. The molecule has 1 atom stereocenters. The molecule has 0 fully saturated rings. The summed E-state index contributed by atoms with van der Waals surface area (Å²) in [5, 5.41) is 13.3. The van der Waals surface area contributed by atoms with E-state index in [2.05, 4.69) is 17.4 Å². The average molecular weight is 285 g/mol. The Labute approximate surface area is 111 Å². The summed E-state index contributed by atoms with van der Waals surface area (Å²) in [6.07, 6.45) is -1.89. The average Bonchev–Trinajstić information content (AvgIpc) is 2.34. The van der Waals surface area contributed by atoms with Crippen LogP contribution in [0, 0.1) is 5.92 Å². The standard InChI is InChI=1S/C11H22F3N3O2/c1-2-3-6-19-7-4-5-16-8-9(10(15)17-18)11(12,13)14/h9,16,18H,2-8H2,1H3,(H2,15,17). The number of nitrogens with zero attached hydrogens (tertiary/aromatic N) is 1. The molecule has 0 rings (SSSR count). The van der Waals surface area contributed by atoms with E-state index in [-0.39, 0.29) is 0 Å². The van der Waals surface area contributed by atoms with Gasteiger partial charge in [-0.1, -0.05) is 18.5 Å². The van der Waals surface area contributed by atoms with Gasteiger partial charge in [-0.3, -0.25) is 0 Å². The molecule has 0 aliphatic heterocycles. The normalized spacial score (nSPS) is 14.6. The zero-order valence-electron chi connectivity index (χ0n) is 11.0. The van der Waals surface area contributed by atoms with Gasteiger partial charge in [0.1, 0.15) is 5.92 Å². The van der Waals surface area contributed by atoms with Crippen molar-refractivity contribution in [2.24, 2.45) is 16.8 Å². The van der Waals surface area contributed by atoms with Crippen LogP contribution in [-0.4, -0.2) is 43.5 Å². The molecule has 0 radical (unpaired) electrons. The zero-order valence-corrected chi connectivity index (χ0v) is 11.0. The SMILES string of the molecule is CCCCOCCCNCC(C(N)=NO)C(F)(F)F. The fourth-order valence-electron chi connectivity index (χ4n) is 1.35. The van der Waals surface area contributed by atoms with Crippen LogP contribution in [0.2, 0.25) is 0 Å². The molecule has 0 amide bonds. The summed E-state index contributed by atoms with van der Waals surface area (Å²) in [7, 11) is 0. The number of rotatable bonds is 10. The Hall–Kier alpha value is -1.02. The van der Waals surface area contributed by atoms with E-state index in [0.717, 1.165) is 12.8 Å². The van der Waals surface area contributed by atoms with Crippen molar-refractivity contribution in [3.8, 4) is 0 Å². The summed E-state index contributed by atoms with van der Waals surface area (Å²) in [6, 6.07) is 0. The number of hydrogen-bond donors (Lipinski definition) is 3. The van der Waals surface area contributed by atoms with Crippen molar-refractivity contribution in [1.82, 2.24) is 5.32 Å². The highest BCUT2D eigenvalue weighted by Gasteiger charge is 2.42. The number of halogens is 3. The van der Waals surface area contributed by atoms with Gasteiger partial charge in [-0.15, -0.1) is 0 Å². The number of oxime groups is 1. The van der Waals surface area contributed by atoms with Gasteiger partial charge in [0.15, 0.2) is 5.84 Å². The van der Waals surface area contributed by atoms with E-state index in [0.29, 0.717) is 26.2 Å². The molecule has 0 aromatic rings. The van der Waals surface area contributed by atoms with E-state index in [1.165, 1.54) is 0 Å². The van der Waals surface area contributed by atoms with Crippen LogP contribution < -0.4 is 11.1 Å². The summed E-state index contributed by atoms with van der Waals surface area (Å²) in [6.45, 7) is 3.21. The molecule has 4 N–H and O–H groups in total. The van der Waals surface area contributed by atoms with Crippen molar-refractivity contribution in [3.63, 3.8) is 0 Å². The topological polar surface area (TPSA) is 79.9 Å². The number of unbranched alkanes of at least 4 members (excludes halogenated alkanes) is 1. The maximum atomic E-state index is 12.5. The molecule has 5 nitrogen and oxygen atoms in total. The Kier molecular flexibility index (Phi) is 9.32. The molecule has 0 bridgehead atoms. The van der Waals surface area contributed by atoms with Crippen LogP contribution in [-0.2, 0) is 4.74 Å². The van der Waals surface area contributed by atoms with Crippen molar-refractivity contribution < 1.29 is 23.1 Å². The van der Waals surface area contributed by atoms with Crippen LogP contribution in [0.5, 0.6) is 0 Å². The van der Waals surface area contributed by atoms with Crippen molar-refractivity contribution in [3.05, 3.63) is 0 Å². The lowest BCUT2D eigenvalue weighted by atomic mass is 10.1. The lowest BCUT2D eigenvalue weighted by Gasteiger charge is -2.19. The molecular formula is C11H22F3N3O2. The van der Waals surface area contributed by atoms with Crippen molar-refractivity contribution in [1.29, 1.82) is 0 Å². The molecule has 0 aromatic heterocycles. The maximum Gasteiger partial charge on any atom is 0.400 e. The molecule has 0 aliphatic rings. The van der Waals surface area contributed by atoms with E-state index in [1.807, 2.05) is 0 Å². The molecule has 0 saturated carbocycles. The third-order valence-corrected chi connectivity index (χ3v) is 2.50. The van der Waals surface area contributed by atoms with Gasteiger partial charge in [0.2, 0.25) is 0 Å². The molecular weight excluding hydrogens is 263 g/mol. The van der Waals surface area contributed by atoms with Gasteiger partial charge < -0.3 is 21.0 Å². The molecule has 0 heterocycles. The van der Waals surface area contributed by atoms with Gasteiger partial charge in [-0.25, -0.2) is 0 Å². The number of alkyl halides is 3. The summed E-state index contributed by atoms with van der Waals surface area (Å²) in [4.78, 5) is 0. The summed E-state index contributed by atoms with van der Waals surface area (Å²) < 4.78 is 42.9. The monoisotopic (exact) mass is 285 g/mol. The molecule has 114 valence electrons. The van der Waals surface area contributed by atoms with Crippen molar-refractivity contribution >= 4 is 5.84 Å². The minimum Gasteiger partial charge on any atom is -0.409 e. The van der Waals surface area contributed by atoms with Gasteiger partial charge in [-0.05, 0) is 19.4 Å². The Morgan fingerprint density at radius 3 is 2.53 bits per heavy atom. The molecule has 19 heavy (non-hydrogen) atoms. The fraction of sp³-hybridized carbons (Fsp3) is 0.909. The number of nitrogens with one attached hydrogen (secondary N) is 1. The lowest BCUT2D eigenvalue weighted by Crippen LogP contribution is -2.43. The molecule has 0 saturated heterocycles. The van der Waals surface area contributed by atoms with Crippen LogP contribution in [0.15, 0.2) is 5.16 Å². The molecule has 1 unspecified atom stereocenters. The second-order valence-corrected chi connectivity index (χ2v) is 4.14. The minimum absolute atomic E-state index is 0.386. The molecule has 0 aliphatic carbocycles. The van der Waals surface area contributed by atoms with Gasteiger partial charge in [-0.2, -0.15) is 13.2 Å². The predicted molar refractivity (Wildman–Crippen MR) is 66.2 cm³/mol. The Bertz CT molecular complexity index is 260. The third-order valence-electron chi connectivity index (χ3n) is 2.50. The highest BCUT2D eigenvalue weighted by Crippen LogP contribution is 2.25. The highest BCUT2D eigenvalue weighted by atomic mass is 19.4. The van der Waals surface area contributed by atoms with Crippen LogP contribution in [0.4, 0.5) is 13.2 Å². The Morgan fingerprint density at radius 2 is 2.00 bits per heavy atom. The van der Waals surface area contributed by atoms with E-state index >= 15 is 0 Å². The van der Waals surface area contributed by atoms with Crippen LogP contribution in [0.3, 0.4) is 0 Å². The quantitative estimate of drug-likeness (QED) is 0.188. The number of ether oxygens (including phenoxy) is 1. The van der Waals surface area contributed by atoms with Crippen molar-refractivity contribution in [2.75, 3.05) is 26.3 Å². The largest absolute Gasteiger partial charge is 0.409 e. The maximum absolute atomic E-state index is 12.5. The van der Waals surface area contributed by atoms with E-state index < -0.39 is 24.5 Å². The van der Waals surface area contributed by atoms with Gasteiger partial charge in [0.25, 0.3) is 0 Å². The van der Waals surface area contributed by atoms with Gasteiger partial charge >= 0.3 is 6.18 Å². The first-order valence-electron chi connectivity index (χ1n) is 6.26. The minimum atomic E-state index is -4.53. The predicted octanol–water partition coefficient (Wildman–Crippen LogP) is 1.71. The third kappa shape index (κ3) is 8.66. The highest BCUT2D eigenvalue weighted by molar-refractivity contribution is 5.83. The van der Waals surface area contributed by atoms with E-state index in [4.69, 9.17) is 15.7 Å². The molecule has 0 aromatic carbocycles. The van der Waals surface area contributed by atoms with Crippen LogP contribution in [0.25, 0.3) is 0 Å². The Morgan fingerprint density at radius 1 is 1.37 bits per heavy atom.